The Morgan fingerprint density at radius 1 is 1.29 bits per heavy atom. The summed E-state index contributed by atoms with van der Waals surface area (Å²) in [6.45, 7) is 0.947. The molecule has 112 valence electrons. The van der Waals surface area contributed by atoms with Crippen LogP contribution in [0, 0.1) is 0 Å². The van der Waals surface area contributed by atoms with Gasteiger partial charge in [-0.2, -0.15) is 0 Å². The van der Waals surface area contributed by atoms with Gasteiger partial charge in [-0.3, -0.25) is 9.59 Å². The zero-order valence-corrected chi connectivity index (χ0v) is 12.1. The number of ether oxygens (including phenoxy) is 2. The number of rotatable bonds is 7. The summed E-state index contributed by atoms with van der Waals surface area (Å²) in [5.41, 5.74) is 1.12. The van der Waals surface area contributed by atoms with Crippen molar-refractivity contribution in [2.24, 2.45) is 0 Å². The number of amides is 1. The quantitative estimate of drug-likeness (QED) is 0.460. The molecule has 0 fully saturated rings. The van der Waals surface area contributed by atoms with Gasteiger partial charge in [-0.25, -0.2) is 0 Å². The highest BCUT2D eigenvalue weighted by atomic mass is 16.5. The van der Waals surface area contributed by atoms with Crippen molar-refractivity contribution < 1.29 is 19.1 Å². The molecule has 2 N–H and O–H groups in total. The van der Waals surface area contributed by atoms with Crippen LogP contribution in [0.1, 0.15) is 16.8 Å². The number of nitrogens with one attached hydrogen (secondary N) is 2. The molecule has 6 nitrogen and oxygen atoms in total. The second kappa shape index (κ2) is 6.90. The second-order valence-electron chi connectivity index (χ2n) is 4.55. The summed E-state index contributed by atoms with van der Waals surface area (Å²) >= 11 is 0. The van der Waals surface area contributed by atoms with E-state index in [0.717, 1.165) is 5.52 Å². The Bertz CT molecular complexity index is 648. The maximum Gasteiger partial charge on any atom is 0.292 e. The van der Waals surface area contributed by atoms with Gasteiger partial charge in [-0.05, 0) is 24.6 Å². The molecule has 0 saturated heterocycles. The van der Waals surface area contributed by atoms with E-state index in [1.54, 1.807) is 38.6 Å². The highest BCUT2D eigenvalue weighted by molar-refractivity contribution is 6.44. The summed E-state index contributed by atoms with van der Waals surface area (Å²) in [6.07, 6.45) is 2.21. The van der Waals surface area contributed by atoms with E-state index >= 15 is 0 Å². The van der Waals surface area contributed by atoms with Crippen LogP contribution in [0.4, 0.5) is 0 Å². The monoisotopic (exact) mass is 290 g/mol. The molecule has 0 unspecified atom stereocenters. The van der Waals surface area contributed by atoms with Crippen molar-refractivity contribution in [1.29, 1.82) is 0 Å². The average molecular weight is 290 g/mol. The molecule has 0 atom stereocenters. The smallest absolute Gasteiger partial charge is 0.292 e. The topological polar surface area (TPSA) is 80.4 Å². The zero-order chi connectivity index (χ0) is 15.2. The molecule has 1 amide bonds. The van der Waals surface area contributed by atoms with Crippen molar-refractivity contribution in [2.45, 2.75) is 6.42 Å². The molecule has 2 rings (SSSR count). The fourth-order valence-electron chi connectivity index (χ4n) is 2.04. The maximum absolute atomic E-state index is 12.2. The van der Waals surface area contributed by atoms with Crippen LogP contribution >= 0.6 is 0 Å². The van der Waals surface area contributed by atoms with Crippen LogP contribution in [0.3, 0.4) is 0 Å². The Balaban J connectivity index is 2.13. The van der Waals surface area contributed by atoms with Crippen molar-refractivity contribution in [3.63, 3.8) is 0 Å². The number of aromatic amines is 1. The van der Waals surface area contributed by atoms with E-state index in [1.807, 2.05) is 0 Å². The summed E-state index contributed by atoms with van der Waals surface area (Å²) in [5.74, 6) is -0.543. The number of Topliss-reactive ketones (excluding diaryl/α,β-unsaturated/α-hetero) is 1. The van der Waals surface area contributed by atoms with E-state index in [0.29, 0.717) is 36.3 Å². The van der Waals surface area contributed by atoms with Crippen molar-refractivity contribution >= 4 is 22.6 Å². The first-order valence-corrected chi connectivity index (χ1v) is 6.64. The van der Waals surface area contributed by atoms with Crippen molar-refractivity contribution in [3.05, 3.63) is 30.0 Å². The first-order valence-electron chi connectivity index (χ1n) is 6.64. The molecular formula is C15H18N2O4. The molecule has 1 heterocycles. The number of H-pyrrole nitrogens is 1. The predicted octanol–water partition coefficient (Wildman–Crippen LogP) is 1.51. The van der Waals surface area contributed by atoms with E-state index in [4.69, 9.17) is 9.47 Å². The van der Waals surface area contributed by atoms with Gasteiger partial charge in [0.25, 0.3) is 11.7 Å². The lowest BCUT2D eigenvalue weighted by Gasteiger charge is -2.04. The van der Waals surface area contributed by atoms with Crippen LogP contribution in [-0.4, -0.2) is 44.0 Å². The van der Waals surface area contributed by atoms with Crippen LogP contribution in [0.5, 0.6) is 5.75 Å². The number of carbonyl (C=O) groups excluding carboxylic acids is 2. The van der Waals surface area contributed by atoms with Crippen LogP contribution < -0.4 is 10.1 Å². The van der Waals surface area contributed by atoms with Crippen LogP contribution in [0.25, 0.3) is 10.9 Å². The number of aromatic nitrogens is 1. The molecule has 6 heteroatoms. The third-order valence-corrected chi connectivity index (χ3v) is 3.15. The van der Waals surface area contributed by atoms with E-state index < -0.39 is 11.7 Å². The SMILES string of the molecule is COCCCNC(=O)C(=O)c1c[nH]c2ccc(OC)cc12. The number of ketones is 1. The molecule has 0 aliphatic rings. The lowest BCUT2D eigenvalue weighted by Crippen LogP contribution is -2.32. The summed E-state index contributed by atoms with van der Waals surface area (Å²) in [7, 11) is 3.14. The summed E-state index contributed by atoms with van der Waals surface area (Å²) in [5, 5.41) is 3.26. The Hall–Kier alpha value is -2.34. The fourth-order valence-corrected chi connectivity index (χ4v) is 2.04. The second-order valence-corrected chi connectivity index (χ2v) is 4.55. The van der Waals surface area contributed by atoms with E-state index in [1.165, 1.54) is 0 Å². The minimum atomic E-state index is -0.616. The lowest BCUT2D eigenvalue weighted by atomic mass is 10.1. The molecule has 0 aliphatic carbocycles. The molecule has 0 aliphatic heterocycles. The van der Waals surface area contributed by atoms with Gasteiger partial charge < -0.3 is 19.8 Å². The van der Waals surface area contributed by atoms with Crippen LogP contribution in [0.2, 0.25) is 0 Å². The zero-order valence-electron chi connectivity index (χ0n) is 12.1. The Kier molecular flexibility index (Phi) is 4.94. The van der Waals surface area contributed by atoms with Gasteiger partial charge in [0.15, 0.2) is 0 Å². The first-order chi connectivity index (χ1) is 10.2. The van der Waals surface area contributed by atoms with Gasteiger partial charge in [0, 0.05) is 37.4 Å². The minimum Gasteiger partial charge on any atom is -0.497 e. The molecule has 2 aromatic rings. The minimum absolute atomic E-state index is 0.341. The number of methoxy groups -OCH3 is 2. The Morgan fingerprint density at radius 2 is 2.10 bits per heavy atom. The van der Waals surface area contributed by atoms with E-state index in [2.05, 4.69) is 10.3 Å². The van der Waals surface area contributed by atoms with Crippen LogP contribution in [-0.2, 0) is 9.53 Å². The number of hydrogen-bond donors (Lipinski definition) is 2. The molecule has 0 bridgehead atoms. The van der Waals surface area contributed by atoms with Gasteiger partial charge in [0.2, 0.25) is 0 Å². The van der Waals surface area contributed by atoms with Crippen molar-refractivity contribution in [3.8, 4) is 5.75 Å². The third kappa shape index (κ3) is 3.41. The molecular weight excluding hydrogens is 272 g/mol. The fraction of sp³-hybridized carbons (Fsp3) is 0.333. The molecule has 1 aromatic carbocycles. The number of carbonyl (C=O) groups is 2. The third-order valence-electron chi connectivity index (χ3n) is 3.15. The molecule has 21 heavy (non-hydrogen) atoms. The van der Waals surface area contributed by atoms with E-state index in [9.17, 15) is 9.59 Å². The number of benzene rings is 1. The van der Waals surface area contributed by atoms with Crippen LogP contribution in [0.15, 0.2) is 24.4 Å². The van der Waals surface area contributed by atoms with Gasteiger partial charge in [-0.1, -0.05) is 0 Å². The molecule has 0 spiro atoms. The standard InChI is InChI=1S/C15H18N2O4/c1-20-7-3-6-16-15(19)14(18)12-9-17-13-5-4-10(21-2)8-11(12)13/h4-5,8-9,17H,3,6-7H2,1-2H3,(H,16,19). The van der Waals surface area contributed by atoms with Crippen molar-refractivity contribution in [1.82, 2.24) is 10.3 Å². The Labute approximate surface area is 122 Å². The summed E-state index contributed by atoms with van der Waals surface area (Å²) in [4.78, 5) is 27.0. The number of hydrogen-bond acceptors (Lipinski definition) is 4. The highest BCUT2D eigenvalue weighted by Gasteiger charge is 2.19. The van der Waals surface area contributed by atoms with Crippen molar-refractivity contribution in [2.75, 3.05) is 27.4 Å². The highest BCUT2D eigenvalue weighted by Crippen LogP contribution is 2.23. The Morgan fingerprint density at radius 3 is 2.81 bits per heavy atom. The largest absolute Gasteiger partial charge is 0.497 e. The predicted molar refractivity (Wildman–Crippen MR) is 78.7 cm³/mol. The average Bonchev–Trinajstić information content (AvgIpc) is 2.93. The summed E-state index contributed by atoms with van der Waals surface area (Å²) < 4.78 is 10.0. The van der Waals surface area contributed by atoms with Gasteiger partial charge in [0.1, 0.15) is 5.75 Å². The van der Waals surface area contributed by atoms with E-state index in [-0.39, 0.29) is 0 Å². The molecule has 0 saturated carbocycles. The van der Waals surface area contributed by atoms with Gasteiger partial charge in [0.05, 0.1) is 12.7 Å². The summed E-state index contributed by atoms with van der Waals surface area (Å²) in [6, 6.07) is 5.33. The molecule has 1 aromatic heterocycles. The number of fused-ring (bicyclic) bond motifs is 1. The maximum atomic E-state index is 12.2. The van der Waals surface area contributed by atoms with Gasteiger partial charge >= 0.3 is 0 Å². The van der Waals surface area contributed by atoms with Gasteiger partial charge in [-0.15, -0.1) is 0 Å². The normalized spacial score (nSPS) is 10.6. The molecule has 0 radical (unpaired) electrons. The lowest BCUT2D eigenvalue weighted by molar-refractivity contribution is -0.117. The first kappa shape index (κ1) is 15.1.